The standard InChI is InChI=1S/C20H17ClF3N3O2/c21-16-10-15(20(22,23)24)11-25-18(16)26-5-7-27(8-6-26)19(28)14-9-13-3-1-2-4-17(13)29-12-14/h1-4,9-11H,5-8,12H2. The third-order valence-corrected chi connectivity index (χ3v) is 5.20. The number of hydrogen-bond donors (Lipinski definition) is 0. The molecule has 1 aromatic heterocycles. The molecule has 1 aromatic carbocycles. The van der Waals surface area contributed by atoms with Crippen LogP contribution in [0.5, 0.6) is 5.75 Å². The molecular weight excluding hydrogens is 407 g/mol. The van der Waals surface area contributed by atoms with Crippen molar-refractivity contribution in [2.45, 2.75) is 6.18 Å². The molecule has 0 spiro atoms. The first-order valence-corrected chi connectivity index (χ1v) is 9.40. The van der Waals surface area contributed by atoms with E-state index in [1.165, 1.54) is 0 Å². The predicted molar refractivity (Wildman–Crippen MR) is 103 cm³/mol. The quantitative estimate of drug-likeness (QED) is 0.735. The molecule has 0 radical (unpaired) electrons. The van der Waals surface area contributed by atoms with Crippen molar-refractivity contribution in [1.82, 2.24) is 9.88 Å². The second-order valence-electron chi connectivity index (χ2n) is 6.80. The van der Waals surface area contributed by atoms with Crippen LogP contribution in [0.4, 0.5) is 19.0 Å². The van der Waals surface area contributed by atoms with Gasteiger partial charge in [-0.3, -0.25) is 4.79 Å². The molecule has 0 saturated carbocycles. The van der Waals surface area contributed by atoms with E-state index in [9.17, 15) is 18.0 Å². The van der Waals surface area contributed by atoms with Gasteiger partial charge < -0.3 is 14.5 Å². The van der Waals surface area contributed by atoms with E-state index >= 15 is 0 Å². The van der Waals surface area contributed by atoms with E-state index in [2.05, 4.69) is 4.98 Å². The minimum atomic E-state index is -4.49. The highest BCUT2D eigenvalue weighted by Gasteiger charge is 2.33. The molecule has 0 N–H and O–H groups in total. The Balaban J connectivity index is 1.42. The molecule has 1 amide bonds. The molecule has 2 aliphatic heterocycles. The van der Waals surface area contributed by atoms with Crippen LogP contribution < -0.4 is 9.64 Å². The topological polar surface area (TPSA) is 45.7 Å². The Bertz CT molecular complexity index is 970. The van der Waals surface area contributed by atoms with E-state index in [0.717, 1.165) is 23.6 Å². The fourth-order valence-electron chi connectivity index (χ4n) is 3.38. The van der Waals surface area contributed by atoms with Crippen LogP contribution in [0, 0.1) is 0 Å². The number of hydrogen-bond acceptors (Lipinski definition) is 4. The van der Waals surface area contributed by atoms with Gasteiger partial charge in [0.25, 0.3) is 5.91 Å². The maximum atomic E-state index is 12.8. The number of rotatable bonds is 2. The van der Waals surface area contributed by atoms with Crippen LogP contribution >= 0.6 is 11.6 Å². The number of amides is 1. The average Bonchev–Trinajstić information content (AvgIpc) is 2.72. The highest BCUT2D eigenvalue weighted by molar-refractivity contribution is 6.33. The van der Waals surface area contributed by atoms with Gasteiger partial charge in [0.1, 0.15) is 18.2 Å². The van der Waals surface area contributed by atoms with E-state index < -0.39 is 11.7 Å². The van der Waals surface area contributed by atoms with Crippen molar-refractivity contribution < 1.29 is 22.7 Å². The zero-order chi connectivity index (χ0) is 20.6. The zero-order valence-electron chi connectivity index (χ0n) is 15.2. The lowest BCUT2D eigenvalue weighted by atomic mass is 10.1. The Labute approximate surface area is 170 Å². The van der Waals surface area contributed by atoms with E-state index in [1.54, 1.807) is 9.80 Å². The third kappa shape index (κ3) is 4.03. The normalized spacial score (nSPS) is 16.8. The van der Waals surface area contributed by atoms with E-state index in [1.807, 2.05) is 30.3 Å². The van der Waals surface area contributed by atoms with Crippen LogP contribution in [0.15, 0.2) is 42.1 Å². The fourth-order valence-corrected chi connectivity index (χ4v) is 3.67. The molecule has 2 aliphatic rings. The highest BCUT2D eigenvalue weighted by Crippen LogP contribution is 2.34. The summed E-state index contributed by atoms with van der Waals surface area (Å²) in [6.45, 7) is 1.89. The maximum Gasteiger partial charge on any atom is 0.417 e. The molecule has 5 nitrogen and oxygen atoms in total. The van der Waals surface area contributed by atoms with Gasteiger partial charge in [-0.05, 0) is 18.2 Å². The highest BCUT2D eigenvalue weighted by atomic mass is 35.5. The molecule has 0 atom stereocenters. The van der Waals surface area contributed by atoms with Crippen LogP contribution in [-0.2, 0) is 11.0 Å². The van der Waals surface area contributed by atoms with Gasteiger partial charge in [-0.15, -0.1) is 0 Å². The number of pyridine rings is 1. The Hall–Kier alpha value is -2.74. The minimum absolute atomic E-state index is 0.0559. The minimum Gasteiger partial charge on any atom is -0.488 e. The molecule has 3 heterocycles. The Morgan fingerprint density at radius 2 is 1.86 bits per heavy atom. The molecule has 0 bridgehead atoms. The lowest BCUT2D eigenvalue weighted by Gasteiger charge is -2.36. The number of piperazine rings is 1. The third-order valence-electron chi connectivity index (χ3n) is 4.92. The fraction of sp³-hybridized carbons (Fsp3) is 0.300. The summed E-state index contributed by atoms with van der Waals surface area (Å²) in [6.07, 6.45) is -1.88. The van der Waals surface area contributed by atoms with E-state index in [-0.39, 0.29) is 17.5 Å². The largest absolute Gasteiger partial charge is 0.488 e. The SMILES string of the molecule is O=C(C1=Cc2ccccc2OC1)N1CCN(c2ncc(C(F)(F)F)cc2Cl)CC1. The van der Waals surface area contributed by atoms with Crippen molar-refractivity contribution in [1.29, 1.82) is 0 Å². The Morgan fingerprint density at radius 1 is 1.14 bits per heavy atom. The number of fused-ring (bicyclic) bond motifs is 1. The van der Waals surface area contributed by atoms with Crippen LogP contribution in [0.2, 0.25) is 5.02 Å². The van der Waals surface area contributed by atoms with Gasteiger partial charge in [0.2, 0.25) is 0 Å². The molecule has 4 rings (SSSR count). The van der Waals surface area contributed by atoms with Crippen LogP contribution in [0.1, 0.15) is 11.1 Å². The van der Waals surface area contributed by atoms with Crippen LogP contribution in [-0.4, -0.2) is 48.6 Å². The molecule has 152 valence electrons. The van der Waals surface area contributed by atoms with Crippen molar-refractivity contribution in [3.63, 3.8) is 0 Å². The van der Waals surface area contributed by atoms with E-state index in [0.29, 0.717) is 37.6 Å². The molecule has 29 heavy (non-hydrogen) atoms. The zero-order valence-corrected chi connectivity index (χ0v) is 16.0. The van der Waals surface area contributed by atoms with Gasteiger partial charge in [-0.2, -0.15) is 13.2 Å². The Morgan fingerprint density at radius 3 is 2.55 bits per heavy atom. The molecule has 9 heteroatoms. The number of carbonyl (C=O) groups is 1. The molecule has 1 saturated heterocycles. The van der Waals surface area contributed by atoms with Gasteiger partial charge in [-0.1, -0.05) is 29.8 Å². The van der Waals surface area contributed by atoms with Gasteiger partial charge in [0.05, 0.1) is 16.2 Å². The van der Waals surface area contributed by atoms with Crippen LogP contribution in [0.3, 0.4) is 0 Å². The summed E-state index contributed by atoms with van der Waals surface area (Å²) in [7, 11) is 0. The summed E-state index contributed by atoms with van der Waals surface area (Å²) in [5.41, 5.74) is 0.550. The summed E-state index contributed by atoms with van der Waals surface area (Å²) >= 11 is 6.03. The van der Waals surface area contributed by atoms with Crippen molar-refractivity contribution in [2.24, 2.45) is 0 Å². The summed E-state index contributed by atoms with van der Waals surface area (Å²) in [5.74, 6) is 0.934. The van der Waals surface area contributed by atoms with Gasteiger partial charge in [0, 0.05) is 37.9 Å². The predicted octanol–water partition coefficient (Wildman–Crippen LogP) is 3.88. The second-order valence-corrected chi connectivity index (χ2v) is 7.21. The Kier molecular flexibility index (Phi) is 5.12. The average molecular weight is 424 g/mol. The van der Waals surface area contributed by atoms with Crippen molar-refractivity contribution in [3.8, 4) is 5.75 Å². The monoisotopic (exact) mass is 423 g/mol. The molecule has 0 unspecified atom stereocenters. The van der Waals surface area contributed by atoms with E-state index in [4.69, 9.17) is 16.3 Å². The molecule has 2 aromatic rings. The number of alkyl halides is 3. The molecular formula is C20H17ClF3N3O2. The number of para-hydroxylation sites is 1. The number of aromatic nitrogens is 1. The number of nitrogens with zero attached hydrogens (tertiary/aromatic N) is 3. The summed E-state index contributed by atoms with van der Waals surface area (Å²) in [6, 6.07) is 8.37. The maximum absolute atomic E-state index is 12.8. The molecule has 0 aliphatic carbocycles. The number of anilines is 1. The van der Waals surface area contributed by atoms with Crippen LogP contribution in [0.25, 0.3) is 6.08 Å². The first-order chi connectivity index (χ1) is 13.8. The summed E-state index contributed by atoms with van der Waals surface area (Å²) in [4.78, 5) is 20.2. The van der Waals surface area contributed by atoms with Crippen molar-refractivity contribution in [3.05, 3.63) is 58.3 Å². The summed E-state index contributed by atoms with van der Waals surface area (Å²) in [5, 5.41) is -0.0559. The second kappa shape index (κ2) is 7.59. The van der Waals surface area contributed by atoms with Gasteiger partial charge in [0.15, 0.2) is 0 Å². The van der Waals surface area contributed by atoms with Crippen molar-refractivity contribution >= 4 is 29.4 Å². The number of benzene rings is 1. The first kappa shape index (κ1) is 19.6. The lowest BCUT2D eigenvalue weighted by Crippen LogP contribution is -2.50. The lowest BCUT2D eigenvalue weighted by molar-refractivity contribution is -0.137. The van der Waals surface area contributed by atoms with Crippen molar-refractivity contribution in [2.75, 3.05) is 37.7 Å². The number of carbonyl (C=O) groups excluding carboxylic acids is 1. The number of ether oxygens (including phenoxy) is 1. The smallest absolute Gasteiger partial charge is 0.417 e. The first-order valence-electron chi connectivity index (χ1n) is 9.02. The molecule has 1 fully saturated rings. The van der Waals surface area contributed by atoms with Gasteiger partial charge >= 0.3 is 6.18 Å². The number of halogens is 4. The van der Waals surface area contributed by atoms with Gasteiger partial charge in [-0.25, -0.2) is 4.98 Å². The summed E-state index contributed by atoms with van der Waals surface area (Å²) < 4.78 is 44.0.